The van der Waals surface area contributed by atoms with Crippen LogP contribution in [-0.2, 0) is 17.4 Å². The van der Waals surface area contributed by atoms with Crippen LogP contribution in [0.1, 0.15) is 37.1 Å². The van der Waals surface area contributed by atoms with Gasteiger partial charge in [-0.3, -0.25) is 14.6 Å². The Morgan fingerprint density at radius 3 is 2.36 bits per heavy atom. The molecule has 0 saturated heterocycles. The minimum absolute atomic E-state index is 0.0435. The van der Waals surface area contributed by atoms with Crippen LogP contribution in [0, 0.1) is 5.41 Å². The lowest BCUT2D eigenvalue weighted by Crippen LogP contribution is -2.33. The molecule has 3 rings (SSSR count). The van der Waals surface area contributed by atoms with Crippen LogP contribution in [0.4, 0.5) is 22.0 Å². The summed E-state index contributed by atoms with van der Waals surface area (Å²) in [4.78, 5) is 33.8. The van der Waals surface area contributed by atoms with Crippen LogP contribution in [0.15, 0.2) is 47.4 Å². The minimum Gasteiger partial charge on any atom is -0.369 e. The highest BCUT2D eigenvalue weighted by atomic mass is 19.4. The van der Waals surface area contributed by atoms with E-state index in [0.29, 0.717) is 5.56 Å². The van der Waals surface area contributed by atoms with Crippen LogP contribution in [0.2, 0.25) is 0 Å². The van der Waals surface area contributed by atoms with Crippen molar-refractivity contribution in [2.75, 3.05) is 0 Å². The zero-order chi connectivity index (χ0) is 24.6. The third-order valence-electron chi connectivity index (χ3n) is 5.01. The lowest BCUT2D eigenvalue weighted by Gasteiger charge is -2.21. The number of carbonyl (C=O) groups is 1. The van der Waals surface area contributed by atoms with Gasteiger partial charge >= 0.3 is 6.18 Å². The number of rotatable bonds is 6. The van der Waals surface area contributed by atoms with E-state index in [-0.39, 0.29) is 29.1 Å². The molecule has 0 saturated carbocycles. The summed E-state index contributed by atoms with van der Waals surface area (Å²) in [5, 5.41) is 0. The highest BCUT2D eigenvalue weighted by Gasteiger charge is 2.32. The third kappa shape index (κ3) is 5.41. The van der Waals surface area contributed by atoms with Gasteiger partial charge in [0.1, 0.15) is 11.5 Å². The maximum absolute atomic E-state index is 13.7. The predicted octanol–water partition coefficient (Wildman–Crippen LogP) is 4.51. The van der Waals surface area contributed by atoms with E-state index in [1.807, 2.05) is 0 Å². The molecule has 0 spiro atoms. The van der Waals surface area contributed by atoms with Gasteiger partial charge in [0, 0.05) is 34.4 Å². The Labute approximate surface area is 184 Å². The smallest absolute Gasteiger partial charge is 0.369 e. The van der Waals surface area contributed by atoms with Crippen molar-refractivity contribution in [3.05, 3.63) is 69.8 Å². The highest BCUT2D eigenvalue weighted by molar-refractivity contribution is 5.80. The number of hydrogen-bond donors (Lipinski definition) is 2. The first-order valence-electron chi connectivity index (χ1n) is 9.64. The molecule has 0 fully saturated rings. The first kappa shape index (κ1) is 24.0. The molecule has 0 bridgehead atoms. The molecule has 11 heteroatoms. The Bertz CT molecular complexity index is 1230. The van der Waals surface area contributed by atoms with Crippen molar-refractivity contribution in [2.24, 2.45) is 11.1 Å². The number of halogens is 5. The Hall–Kier alpha value is -3.63. The summed E-state index contributed by atoms with van der Waals surface area (Å²) in [6, 6.07) is 6.81. The maximum atomic E-state index is 13.7. The van der Waals surface area contributed by atoms with Crippen LogP contribution in [0.25, 0.3) is 22.6 Å². The van der Waals surface area contributed by atoms with Gasteiger partial charge in [-0.05, 0) is 30.2 Å². The van der Waals surface area contributed by atoms with Crippen molar-refractivity contribution in [3.8, 4) is 22.6 Å². The molecule has 174 valence electrons. The quantitative estimate of drug-likeness (QED) is 0.522. The molecule has 0 aliphatic carbocycles. The van der Waals surface area contributed by atoms with E-state index >= 15 is 0 Å². The van der Waals surface area contributed by atoms with E-state index in [1.165, 1.54) is 18.2 Å². The molecule has 6 nitrogen and oxygen atoms in total. The molecule has 1 amide bonds. The lowest BCUT2D eigenvalue weighted by atomic mass is 9.84. The Balaban J connectivity index is 2.10. The number of nitrogens with two attached hydrogens (primary N) is 1. The molecule has 0 aliphatic heterocycles. The summed E-state index contributed by atoms with van der Waals surface area (Å²) < 4.78 is 65.7. The second-order valence-corrected chi connectivity index (χ2v) is 8.06. The number of pyridine rings is 1. The van der Waals surface area contributed by atoms with Crippen LogP contribution in [-0.4, -0.2) is 20.9 Å². The molecular weight excluding hydrogens is 447 g/mol. The summed E-state index contributed by atoms with van der Waals surface area (Å²) in [5.41, 5.74) is 2.67. The Kier molecular flexibility index (Phi) is 6.35. The summed E-state index contributed by atoms with van der Waals surface area (Å²) >= 11 is 0. The number of aromatic amines is 1. The van der Waals surface area contributed by atoms with Gasteiger partial charge in [0.2, 0.25) is 5.91 Å². The summed E-state index contributed by atoms with van der Waals surface area (Å²) in [6.45, 7) is 3.21. The molecule has 1 aromatic carbocycles. The molecule has 2 aromatic heterocycles. The van der Waals surface area contributed by atoms with Gasteiger partial charge in [0.25, 0.3) is 12.0 Å². The summed E-state index contributed by atoms with van der Waals surface area (Å²) in [5.74, 6) is -0.781. The van der Waals surface area contributed by atoms with Crippen LogP contribution in [0.5, 0.6) is 0 Å². The van der Waals surface area contributed by atoms with Crippen LogP contribution in [0.3, 0.4) is 0 Å². The van der Waals surface area contributed by atoms with E-state index in [0.717, 1.165) is 24.4 Å². The number of amides is 1. The second-order valence-electron chi connectivity index (χ2n) is 8.06. The zero-order valence-electron chi connectivity index (χ0n) is 17.5. The van der Waals surface area contributed by atoms with E-state index in [9.17, 15) is 31.5 Å². The third-order valence-corrected chi connectivity index (χ3v) is 5.01. The van der Waals surface area contributed by atoms with Gasteiger partial charge < -0.3 is 10.7 Å². The van der Waals surface area contributed by atoms with Gasteiger partial charge in [0.15, 0.2) is 0 Å². The van der Waals surface area contributed by atoms with Crippen molar-refractivity contribution in [3.63, 3.8) is 0 Å². The molecule has 3 N–H and O–H groups in total. The van der Waals surface area contributed by atoms with Gasteiger partial charge in [-0.15, -0.1) is 0 Å². The van der Waals surface area contributed by atoms with E-state index in [2.05, 4.69) is 15.0 Å². The lowest BCUT2D eigenvalue weighted by molar-refractivity contribution is -0.141. The van der Waals surface area contributed by atoms with Crippen molar-refractivity contribution < 1.29 is 26.7 Å². The number of nitrogens with one attached hydrogen (secondary N) is 1. The number of alkyl halides is 5. The zero-order valence-corrected chi connectivity index (χ0v) is 17.5. The van der Waals surface area contributed by atoms with E-state index in [1.54, 1.807) is 13.8 Å². The Morgan fingerprint density at radius 1 is 1.12 bits per heavy atom. The molecule has 3 aromatic rings. The normalized spacial score (nSPS) is 12.2. The first-order valence-corrected chi connectivity index (χ1v) is 9.64. The number of hydrogen-bond acceptors (Lipinski definition) is 4. The summed E-state index contributed by atoms with van der Waals surface area (Å²) in [7, 11) is 0. The molecule has 0 atom stereocenters. The maximum Gasteiger partial charge on any atom is 0.433 e. The summed E-state index contributed by atoms with van der Waals surface area (Å²) in [6.07, 6.45) is -6.50. The number of benzene rings is 1. The first-order chi connectivity index (χ1) is 15.3. The molecule has 0 unspecified atom stereocenters. The second kappa shape index (κ2) is 8.72. The van der Waals surface area contributed by atoms with Crippen molar-refractivity contribution in [2.45, 2.75) is 32.9 Å². The fourth-order valence-electron chi connectivity index (χ4n) is 3.15. The Morgan fingerprint density at radius 2 is 1.82 bits per heavy atom. The molecule has 0 radical (unpaired) electrons. The highest BCUT2D eigenvalue weighted by Crippen LogP contribution is 2.33. The van der Waals surface area contributed by atoms with Gasteiger partial charge in [-0.1, -0.05) is 26.0 Å². The number of H-pyrrole nitrogens is 1. The predicted molar refractivity (Wildman–Crippen MR) is 110 cm³/mol. The average molecular weight is 466 g/mol. The number of carbonyl (C=O) groups excluding carboxylic acids is 1. The number of primary amides is 1. The van der Waals surface area contributed by atoms with Crippen LogP contribution >= 0.6 is 0 Å². The van der Waals surface area contributed by atoms with E-state index in [4.69, 9.17) is 5.73 Å². The van der Waals surface area contributed by atoms with Crippen molar-refractivity contribution in [1.82, 2.24) is 15.0 Å². The molecular formula is C22H19F5N4O2. The van der Waals surface area contributed by atoms with E-state index < -0.39 is 40.7 Å². The van der Waals surface area contributed by atoms with Crippen molar-refractivity contribution in [1.29, 1.82) is 0 Å². The minimum atomic E-state index is -4.64. The average Bonchev–Trinajstić information content (AvgIpc) is 2.72. The van der Waals surface area contributed by atoms with Crippen molar-refractivity contribution >= 4 is 5.91 Å². The fraction of sp³-hybridized carbons (Fsp3) is 0.273. The van der Waals surface area contributed by atoms with Gasteiger partial charge in [0.05, 0.1) is 5.69 Å². The monoisotopic (exact) mass is 466 g/mol. The van der Waals surface area contributed by atoms with Crippen LogP contribution < -0.4 is 11.3 Å². The fourth-order valence-corrected chi connectivity index (χ4v) is 3.15. The SMILES string of the molecule is CC(C)(Cc1ccc(C(F)F)c(-c2nc(-c3ccc(C(F)(F)F)nc3)cc(=O)[nH]2)c1)C(N)=O. The standard InChI is InChI=1S/C22H19F5N4O2/c1-21(2,20(28)33)9-11-3-5-13(18(23)24)14(7-11)19-30-15(8-17(32)31-19)12-4-6-16(29-10-12)22(25,26)27/h3-8,10,18H,9H2,1-2H3,(H2,28,33)(H,30,31,32). The molecule has 33 heavy (non-hydrogen) atoms. The van der Waals surface area contributed by atoms with Gasteiger partial charge in [-0.25, -0.2) is 13.8 Å². The topological polar surface area (TPSA) is 102 Å². The number of nitrogens with zero attached hydrogens (tertiary/aromatic N) is 2. The molecule has 2 heterocycles. The number of aromatic nitrogens is 3. The molecule has 0 aliphatic rings. The largest absolute Gasteiger partial charge is 0.433 e. The van der Waals surface area contributed by atoms with Gasteiger partial charge in [-0.2, -0.15) is 13.2 Å².